The number of aromatic amines is 1. The molecule has 5 heterocycles. The molecule has 0 unspecified atom stereocenters. The van der Waals surface area contributed by atoms with Gasteiger partial charge in [-0.3, -0.25) is 109 Å². The SMILES string of the molecule is CC(C)C[C@@H]1NC(=O)[C@H](CCC(N)=O)NC(=O)[C@H](CCCNC(=N)N)NC(=O)[C@@H]2CSCCC(=O)N3CN(CN(C3)C(=O)CCSC[C@H](NC(=O)[C@@H](N)CCCNC(=N)N)C(=O)N[C@@H](Cc3ccccc3)C(=O)N[C@@H](CCCNC(=N)N)C(=O)N[C@@H](C)C(=O)N3CCC[C@H]3C(=O)N2)C(=O)CCSC[C@@H](C(=O)N[C@@H](CCCNC(=N)N)C(=O)N[C@@H](Cc2c[nH]c3ccccc23)C(=O)O)NC(=O)[C@H](CCCNC(=N)N)NC1=O. The number of nitrogens with zero attached hydrogens (tertiary/aromatic N) is 4. The van der Waals surface area contributed by atoms with E-state index in [1.54, 1.807) is 74.6 Å². The molecule has 2 aromatic carbocycles. The summed E-state index contributed by atoms with van der Waals surface area (Å²) in [5, 5.41) is 95.2. The van der Waals surface area contributed by atoms with Crippen molar-refractivity contribution in [1.29, 1.82) is 27.0 Å². The van der Waals surface area contributed by atoms with Gasteiger partial charge in [0.1, 0.15) is 78.5 Å². The van der Waals surface area contributed by atoms with Crippen molar-refractivity contribution < 1.29 is 91.4 Å². The van der Waals surface area contributed by atoms with Crippen LogP contribution in [0, 0.1) is 33.0 Å². The van der Waals surface area contributed by atoms with Gasteiger partial charge in [-0.1, -0.05) is 62.4 Å². The summed E-state index contributed by atoms with van der Waals surface area (Å²) in [6.45, 7) is 3.21. The van der Waals surface area contributed by atoms with E-state index in [2.05, 4.69) is 95.4 Å². The Balaban J connectivity index is 1.36. The number of carboxylic acids is 1. The Morgan fingerprint density at radius 3 is 1.46 bits per heavy atom. The van der Waals surface area contributed by atoms with Crippen molar-refractivity contribution in [2.45, 2.75) is 234 Å². The Morgan fingerprint density at radius 1 is 0.486 bits per heavy atom. The fraction of sp³-hybridized carbons (Fsp3) is 0.589. The number of carboxylic acid groups (broad SMARTS) is 1. The average Bonchev–Trinajstić information content (AvgIpc) is 1.63. The number of H-pyrrole nitrogens is 1. The highest BCUT2D eigenvalue weighted by Gasteiger charge is 2.43. The number of amides is 17. The van der Waals surface area contributed by atoms with E-state index in [0.717, 1.165) is 35.3 Å². The molecule has 146 heavy (non-hydrogen) atoms. The minimum Gasteiger partial charge on any atom is -0.480 e. The van der Waals surface area contributed by atoms with Crippen molar-refractivity contribution in [3.8, 4) is 0 Å². The number of carbonyl (C=O) groups is 18. The Bertz CT molecular complexity index is 5080. The number of aliphatic carboxylic acids is 1. The number of rotatable bonds is 36. The molecule has 53 nitrogen and oxygen atoms in total. The van der Waals surface area contributed by atoms with Crippen molar-refractivity contribution >= 4 is 182 Å². The van der Waals surface area contributed by atoms with Gasteiger partial charge in [-0.05, 0) is 120 Å². The molecule has 56 heteroatoms. The Hall–Kier alpha value is -14.2. The maximum absolute atomic E-state index is 15.4. The van der Waals surface area contributed by atoms with Crippen molar-refractivity contribution in [1.82, 2.24) is 115 Å². The largest absolute Gasteiger partial charge is 0.480 e. The molecular formula is C90H142N34O19S3. The summed E-state index contributed by atoms with van der Waals surface area (Å²) in [6, 6.07) is -6.66. The zero-order valence-corrected chi connectivity index (χ0v) is 84.5. The van der Waals surface area contributed by atoms with Crippen LogP contribution in [-0.4, -0.2) is 344 Å². The maximum Gasteiger partial charge on any atom is 0.326 e. The number of thioether (sulfide) groups is 3. The van der Waals surface area contributed by atoms with E-state index in [-0.39, 0.29) is 171 Å². The Labute approximate surface area is 856 Å². The number of primary amides is 1. The number of aromatic nitrogens is 1. The highest BCUT2D eigenvalue weighted by molar-refractivity contribution is 7.99. The van der Waals surface area contributed by atoms with E-state index in [1.165, 1.54) is 26.5 Å². The van der Waals surface area contributed by atoms with Crippen LogP contribution in [0.15, 0.2) is 60.8 Å². The van der Waals surface area contributed by atoms with Crippen LogP contribution in [0.5, 0.6) is 0 Å². The van der Waals surface area contributed by atoms with Gasteiger partial charge in [0, 0.05) is 129 Å². The van der Waals surface area contributed by atoms with Crippen molar-refractivity contribution in [2.24, 2.45) is 46.1 Å². The number of nitrogens with two attached hydrogens (primary N) is 7. The molecule has 1 aromatic heterocycles. The van der Waals surface area contributed by atoms with E-state index in [1.807, 2.05) is 0 Å². The molecule has 4 fully saturated rings. The third-order valence-corrected chi connectivity index (χ3v) is 27.1. The lowest BCUT2D eigenvalue weighted by Crippen LogP contribution is -2.61. The smallest absolute Gasteiger partial charge is 0.326 e. The molecule has 4 bridgehead atoms. The molecule has 4 aliphatic heterocycles. The van der Waals surface area contributed by atoms with Crippen LogP contribution in [0.4, 0.5) is 0 Å². The lowest BCUT2D eigenvalue weighted by atomic mass is 10.0. The van der Waals surface area contributed by atoms with Gasteiger partial charge in [0.05, 0.1) is 26.0 Å². The summed E-state index contributed by atoms with van der Waals surface area (Å²) in [7, 11) is 0. The van der Waals surface area contributed by atoms with E-state index >= 15 is 52.7 Å². The zero-order valence-electron chi connectivity index (χ0n) is 82.0. The second-order valence-electron chi connectivity index (χ2n) is 36.0. The molecule has 4 aliphatic rings. The number of hydrogen-bond acceptors (Lipinski definition) is 27. The minimum absolute atomic E-state index is 0.00752. The lowest BCUT2D eigenvalue weighted by Gasteiger charge is -2.42. The van der Waals surface area contributed by atoms with Crippen LogP contribution < -0.4 is 131 Å². The molecule has 3 aromatic rings. The van der Waals surface area contributed by atoms with E-state index in [4.69, 9.17) is 67.2 Å². The maximum atomic E-state index is 15.4. The molecule has 804 valence electrons. The molecule has 14 atom stereocenters. The fourth-order valence-electron chi connectivity index (χ4n) is 16.2. The van der Waals surface area contributed by atoms with Crippen LogP contribution in [0.25, 0.3) is 10.9 Å². The number of benzene rings is 2. The number of fused-ring (bicyclic) bond motifs is 9. The van der Waals surface area contributed by atoms with Gasteiger partial charge in [-0.2, -0.15) is 35.3 Å². The Kier molecular flexibility index (Phi) is 49.8. The molecule has 17 amide bonds. The quantitative estimate of drug-likeness (QED) is 0.0146. The van der Waals surface area contributed by atoms with Crippen LogP contribution in [-0.2, 0) is 99.1 Å². The third kappa shape index (κ3) is 41.1. The monoisotopic (exact) mass is 2100 g/mol. The first-order chi connectivity index (χ1) is 69.4. The van der Waals surface area contributed by atoms with E-state index < -0.39 is 278 Å². The van der Waals surface area contributed by atoms with E-state index in [0.29, 0.717) is 22.0 Å². The highest BCUT2D eigenvalue weighted by Crippen LogP contribution is 2.25. The number of para-hydroxylation sites is 1. The Morgan fingerprint density at radius 2 is 0.938 bits per heavy atom. The predicted octanol–water partition coefficient (Wildman–Crippen LogP) is -7.41. The molecule has 0 radical (unpaired) electrons. The second-order valence-corrected chi connectivity index (χ2v) is 39.5. The standard InChI is InChI=1S/C90H142N34O19S3/c1-49(2)39-61-78(135)111-59(23-13-34-107-90(101)102)76(133)119-65(80(137)113-58(22-12-33-106-89(99)100)75(132)117-63(85(142)143)41-52-42-108-55-19-8-7-17-53(52)55)44-145-37-28-70(127)122-46-121-47-123(48-122)71(128)29-38-146-45-66(81(138)112-57(21-11-32-105-88(97)98)74(131)114-60(77(134)115-61)25-26-68(92)125)120-83(140)67-24-14-35-124(67)84(141)50(3)109-73(130)56(20-10-31-104-87(95)96)110-79(136)62(40-51-15-5-4-6-16-51)116-82(139)64(43-144-36-27-69(121)126)118-72(129)54(91)18-9-30-103-86(93)94/h4-8,15-17,19,42,49-50,54,56-67,108H,9-14,18,20-41,43-48,91H2,1-3H3,(H2,92,125)(H,109,130)(H,110,136)(H,111,135)(H,112,138)(H,113,137)(H,114,131)(H,115,134)(H,116,139)(H,117,132)(H,118,129)(H,119,133)(H,120,140)(H,142,143)(H4,93,94,103)(H4,95,96,104)(H4,97,98,105)(H4,99,100,106)(H4,101,102,107)/t50-,54-,56-,57-,58-,59-,60-,61-,62-,63-,64-,65-,66-,67-/m0/s1. The topological polar surface area (TPSA) is 862 Å². The fourth-order valence-corrected chi connectivity index (χ4v) is 19.0. The van der Waals surface area contributed by atoms with Gasteiger partial charge in [0.2, 0.25) is 100 Å². The molecule has 0 aliphatic carbocycles. The molecule has 0 saturated carbocycles. The summed E-state index contributed by atoms with van der Waals surface area (Å²) < 4.78 is 0. The highest BCUT2D eigenvalue weighted by atomic mass is 32.2. The normalized spacial score (nSPS) is 22.5. The number of guanidine groups is 5. The van der Waals surface area contributed by atoms with E-state index in [9.17, 15) is 38.7 Å². The first-order valence-corrected chi connectivity index (χ1v) is 51.7. The van der Waals surface area contributed by atoms with Gasteiger partial charge in [0.25, 0.3) is 0 Å². The van der Waals surface area contributed by atoms with Gasteiger partial charge < -0.3 is 160 Å². The van der Waals surface area contributed by atoms with Crippen LogP contribution in [0.3, 0.4) is 0 Å². The van der Waals surface area contributed by atoms with Crippen LogP contribution in [0.2, 0.25) is 0 Å². The summed E-state index contributed by atoms with van der Waals surface area (Å²) >= 11 is 2.85. The molecule has 7 rings (SSSR count). The minimum atomic E-state index is -1.78. The second kappa shape index (κ2) is 61.2. The summed E-state index contributed by atoms with van der Waals surface area (Å²) in [5.74, 6) is -21.4. The van der Waals surface area contributed by atoms with Gasteiger partial charge in [0.15, 0.2) is 29.8 Å². The van der Waals surface area contributed by atoms with Gasteiger partial charge in [-0.15, -0.1) is 0 Å². The van der Waals surface area contributed by atoms with Crippen LogP contribution >= 0.6 is 35.3 Å². The first kappa shape index (κ1) is 119. The van der Waals surface area contributed by atoms with Crippen molar-refractivity contribution in [3.05, 3.63) is 71.9 Å². The average molecular weight is 2100 g/mol. The molecule has 0 spiro atoms. The first-order valence-electron chi connectivity index (χ1n) is 48.2. The number of nitrogens with one attached hydrogen (secondary N) is 23. The molecule has 38 N–H and O–H groups in total. The molecule has 4 saturated heterocycles. The lowest BCUT2D eigenvalue weighted by molar-refractivity contribution is -0.158. The predicted molar refractivity (Wildman–Crippen MR) is 546 cm³/mol. The molecular weight excluding hydrogens is 1960 g/mol. The number of hydrogen-bond donors (Lipinski definition) is 31. The third-order valence-electron chi connectivity index (χ3n) is 23.9. The van der Waals surface area contributed by atoms with Gasteiger partial charge in [-0.25, -0.2) is 4.79 Å². The zero-order chi connectivity index (χ0) is 107. The number of carbonyl (C=O) groups excluding carboxylic acids is 17. The summed E-state index contributed by atoms with van der Waals surface area (Å²) in [5.41, 5.74) is 41.8. The van der Waals surface area contributed by atoms with Crippen LogP contribution in [0.1, 0.15) is 147 Å². The van der Waals surface area contributed by atoms with Crippen molar-refractivity contribution in [3.63, 3.8) is 0 Å². The summed E-state index contributed by atoms with van der Waals surface area (Å²) in [6.07, 6.45) is -2.03. The van der Waals surface area contributed by atoms with Crippen molar-refractivity contribution in [2.75, 3.05) is 93.8 Å². The summed E-state index contributed by atoms with van der Waals surface area (Å²) in [4.78, 5) is 274. The van der Waals surface area contributed by atoms with Gasteiger partial charge >= 0.3 is 5.97 Å².